The predicted octanol–water partition coefficient (Wildman–Crippen LogP) is 2.71. The van der Waals surface area contributed by atoms with Crippen LogP contribution in [0.5, 0.6) is 0 Å². The van der Waals surface area contributed by atoms with Crippen LogP contribution >= 0.6 is 11.6 Å². The number of hydrogen-bond donors (Lipinski definition) is 1. The lowest BCUT2D eigenvalue weighted by Crippen LogP contribution is -2.47. The Labute approximate surface area is 185 Å². The van der Waals surface area contributed by atoms with Crippen molar-refractivity contribution in [1.82, 2.24) is 9.97 Å². The van der Waals surface area contributed by atoms with Crippen molar-refractivity contribution in [2.45, 2.75) is 30.2 Å². The van der Waals surface area contributed by atoms with Crippen molar-refractivity contribution < 1.29 is 9.29 Å². The third kappa shape index (κ3) is 4.19. The lowest BCUT2D eigenvalue weighted by molar-refractivity contribution is 0.0903. The normalized spacial score (nSPS) is 22.3. The van der Waals surface area contributed by atoms with Crippen LogP contribution in [0.3, 0.4) is 0 Å². The van der Waals surface area contributed by atoms with E-state index in [9.17, 15) is 4.55 Å². The van der Waals surface area contributed by atoms with Gasteiger partial charge in [0.1, 0.15) is 11.4 Å². The molecule has 2 aromatic rings. The lowest BCUT2D eigenvalue weighted by Gasteiger charge is -2.36. The second kappa shape index (κ2) is 8.78. The molecule has 3 aliphatic rings. The highest BCUT2D eigenvalue weighted by Crippen LogP contribution is 2.33. The first kappa shape index (κ1) is 20.2. The summed E-state index contributed by atoms with van der Waals surface area (Å²) >= 11 is 5.00. The molecule has 1 N–H and O–H groups in total. The molecule has 2 fully saturated rings. The summed E-state index contributed by atoms with van der Waals surface area (Å²) < 4.78 is 18.0. The maximum Gasteiger partial charge on any atom is 0.228 e. The molecule has 1 unspecified atom stereocenters. The standard InChI is InChI=1S/C21H26ClN5O2S/c22-15-1-3-17(4-2-15)26-8-10-27(11-9-26)21-24-18-7-14-30(28)19(18)20(25-21)23-16-5-12-29-13-6-16/h1-4,16H,5-14H2,(H,23,24,25). The number of hydrogen-bond acceptors (Lipinski definition) is 7. The average Bonchev–Trinajstić information content (AvgIpc) is 3.16. The van der Waals surface area contributed by atoms with E-state index in [0.717, 1.165) is 86.0 Å². The highest BCUT2D eigenvalue weighted by molar-refractivity contribution is 7.91. The molecule has 0 radical (unpaired) electrons. The molecule has 0 bridgehead atoms. The molecule has 160 valence electrons. The third-order valence-electron chi connectivity index (χ3n) is 5.99. The second-order valence-electron chi connectivity index (χ2n) is 7.93. The van der Waals surface area contributed by atoms with Gasteiger partial charge in [-0.25, -0.2) is 4.98 Å². The van der Waals surface area contributed by atoms with E-state index in [1.54, 1.807) is 0 Å². The summed E-state index contributed by atoms with van der Waals surface area (Å²) in [5.74, 6) is 2.15. The Morgan fingerprint density at radius 3 is 2.47 bits per heavy atom. The number of nitrogens with zero attached hydrogens (tertiary/aromatic N) is 4. The van der Waals surface area contributed by atoms with Crippen LogP contribution in [0.15, 0.2) is 29.2 Å². The minimum Gasteiger partial charge on any atom is -0.611 e. The van der Waals surface area contributed by atoms with Crippen molar-refractivity contribution in [3.63, 3.8) is 0 Å². The Balaban J connectivity index is 1.33. The van der Waals surface area contributed by atoms with Crippen molar-refractivity contribution in [2.75, 3.05) is 60.3 Å². The van der Waals surface area contributed by atoms with Crippen LogP contribution in [0, 0.1) is 0 Å². The van der Waals surface area contributed by atoms with E-state index in [4.69, 9.17) is 26.3 Å². The molecular formula is C21H26ClN5O2S. The van der Waals surface area contributed by atoms with Crippen LogP contribution in [0.2, 0.25) is 5.02 Å². The molecule has 1 aromatic carbocycles. The zero-order valence-corrected chi connectivity index (χ0v) is 18.4. The molecule has 0 amide bonds. The summed E-state index contributed by atoms with van der Waals surface area (Å²) in [6.45, 7) is 5.01. The summed E-state index contributed by atoms with van der Waals surface area (Å²) in [5, 5.41) is 4.31. The number of piperazine rings is 1. The van der Waals surface area contributed by atoms with Gasteiger partial charge in [-0.1, -0.05) is 11.6 Å². The Morgan fingerprint density at radius 2 is 1.73 bits per heavy atom. The number of nitrogens with one attached hydrogen (secondary N) is 1. The van der Waals surface area contributed by atoms with Crippen LogP contribution in [-0.2, 0) is 22.3 Å². The fourth-order valence-electron chi connectivity index (χ4n) is 4.28. The molecule has 9 heteroatoms. The van der Waals surface area contributed by atoms with Crippen molar-refractivity contribution in [2.24, 2.45) is 0 Å². The predicted molar refractivity (Wildman–Crippen MR) is 120 cm³/mol. The minimum atomic E-state index is -1.02. The van der Waals surface area contributed by atoms with Crippen molar-refractivity contribution in [1.29, 1.82) is 0 Å². The van der Waals surface area contributed by atoms with Crippen LogP contribution in [0.1, 0.15) is 18.5 Å². The molecule has 0 aliphatic carbocycles. The number of aromatic nitrogens is 2. The summed E-state index contributed by atoms with van der Waals surface area (Å²) in [6, 6.07) is 8.30. The monoisotopic (exact) mass is 447 g/mol. The second-order valence-corrected chi connectivity index (χ2v) is 9.87. The maximum atomic E-state index is 12.6. The Morgan fingerprint density at radius 1 is 1.03 bits per heavy atom. The van der Waals surface area contributed by atoms with E-state index in [1.165, 1.54) is 5.69 Å². The van der Waals surface area contributed by atoms with Gasteiger partial charge >= 0.3 is 0 Å². The van der Waals surface area contributed by atoms with E-state index < -0.39 is 11.2 Å². The number of halogens is 1. The van der Waals surface area contributed by atoms with Gasteiger partial charge in [-0.15, -0.1) is 0 Å². The molecule has 2 saturated heterocycles. The number of anilines is 3. The molecule has 7 nitrogen and oxygen atoms in total. The third-order valence-corrected chi connectivity index (χ3v) is 7.70. The van der Waals surface area contributed by atoms with Gasteiger partial charge < -0.3 is 24.4 Å². The Kier molecular flexibility index (Phi) is 5.91. The fraction of sp³-hybridized carbons (Fsp3) is 0.524. The first-order valence-electron chi connectivity index (χ1n) is 10.6. The maximum absolute atomic E-state index is 12.6. The lowest BCUT2D eigenvalue weighted by atomic mass is 10.1. The highest BCUT2D eigenvalue weighted by atomic mass is 35.5. The molecule has 0 spiro atoms. The van der Waals surface area contributed by atoms with Crippen LogP contribution in [0.4, 0.5) is 17.5 Å². The molecule has 1 aromatic heterocycles. The minimum absolute atomic E-state index is 0.310. The van der Waals surface area contributed by atoms with E-state index >= 15 is 0 Å². The van der Waals surface area contributed by atoms with Crippen molar-refractivity contribution >= 4 is 40.2 Å². The topological polar surface area (TPSA) is 76.6 Å². The van der Waals surface area contributed by atoms with Crippen LogP contribution in [-0.4, -0.2) is 65.7 Å². The van der Waals surface area contributed by atoms with Crippen LogP contribution < -0.4 is 15.1 Å². The van der Waals surface area contributed by atoms with E-state index in [1.807, 2.05) is 12.1 Å². The van der Waals surface area contributed by atoms with Crippen molar-refractivity contribution in [3.05, 3.63) is 35.0 Å². The molecular weight excluding hydrogens is 422 g/mol. The smallest absolute Gasteiger partial charge is 0.228 e. The number of aryl methyl sites for hydroxylation is 1. The molecule has 0 saturated carbocycles. The molecule has 3 aliphatic heterocycles. The average molecular weight is 448 g/mol. The van der Waals surface area contributed by atoms with Gasteiger partial charge in [-0.05, 0) is 48.3 Å². The highest BCUT2D eigenvalue weighted by Gasteiger charge is 2.34. The summed E-state index contributed by atoms with van der Waals surface area (Å²) in [4.78, 5) is 15.1. The summed E-state index contributed by atoms with van der Waals surface area (Å²) in [7, 11) is 0. The molecule has 30 heavy (non-hydrogen) atoms. The zero-order valence-electron chi connectivity index (χ0n) is 16.8. The van der Waals surface area contributed by atoms with Gasteiger partial charge in [0.25, 0.3) is 0 Å². The van der Waals surface area contributed by atoms with E-state index in [0.29, 0.717) is 11.8 Å². The van der Waals surface area contributed by atoms with Gasteiger partial charge in [-0.3, -0.25) is 0 Å². The van der Waals surface area contributed by atoms with Crippen molar-refractivity contribution in [3.8, 4) is 0 Å². The largest absolute Gasteiger partial charge is 0.611 e. The Hall–Kier alpha value is -1.74. The summed E-state index contributed by atoms with van der Waals surface area (Å²) in [6.07, 6.45) is 2.64. The SMILES string of the molecule is [O-][S+]1CCc2nc(N3CCN(c4ccc(Cl)cc4)CC3)nc(NC3CCOCC3)c21. The zero-order chi connectivity index (χ0) is 20.5. The summed E-state index contributed by atoms with van der Waals surface area (Å²) in [5.41, 5.74) is 2.12. The number of benzene rings is 1. The van der Waals surface area contributed by atoms with Gasteiger partial charge in [0.2, 0.25) is 10.8 Å². The van der Waals surface area contributed by atoms with Gasteiger partial charge in [0.05, 0.1) is 0 Å². The van der Waals surface area contributed by atoms with Gasteiger partial charge in [0, 0.05) is 62.6 Å². The molecule has 1 atom stereocenters. The van der Waals surface area contributed by atoms with E-state index in [2.05, 4.69) is 27.2 Å². The van der Waals surface area contributed by atoms with E-state index in [-0.39, 0.29) is 0 Å². The molecule has 5 rings (SSSR count). The first-order valence-corrected chi connectivity index (χ1v) is 12.3. The van der Waals surface area contributed by atoms with Gasteiger partial charge in [-0.2, -0.15) is 4.98 Å². The van der Waals surface area contributed by atoms with Crippen LogP contribution in [0.25, 0.3) is 0 Å². The number of ether oxygens (including phenoxy) is 1. The quantitative estimate of drug-likeness (QED) is 0.722. The Bertz CT molecular complexity index is 886. The first-order chi connectivity index (χ1) is 14.7. The number of rotatable bonds is 4. The number of fused-ring (bicyclic) bond motifs is 1. The fourth-order valence-corrected chi connectivity index (χ4v) is 5.71. The molecule has 4 heterocycles. The van der Waals surface area contributed by atoms with Gasteiger partial charge in [0.15, 0.2) is 5.82 Å².